The van der Waals surface area contributed by atoms with Crippen LogP contribution in [0.3, 0.4) is 0 Å². The zero-order chi connectivity index (χ0) is 13.1. The highest BCUT2D eigenvalue weighted by Crippen LogP contribution is 2.12. The van der Waals surface area contributed by atoms with E-state index in [0.717, 1.165) is 11.1 Å². The molecule has 1 aliphatic heterocycles. The number of benzene rings is 1. The molecular formula is C14H17NO3. The third-order valence-corrected chi connectivity index (χ3v) is 3.10. The van der Waals surface area contributed by atoms with E-state index in [1.807, 2.05) is 32.0 Å². The van der Waals surface area contributed by atoms with E-state index in [-0.39, 0.29) is 24.8 Å². The van der Waals surface area contributed by atoms with Crippen molar-refractivity contribution in [2.75, 3.05) is 26.3 Å². The van der Waals surface area contributed by atoms with Gasteiger partial charge in [-0.3, -0.25) is 9.59 Å². The summed E-state index contributed by atoms with van der Waals surface area (Å²) in [4.78, 5) is 25.3. The van der Waals surface area contributed by atoms with Gasteiger partial charge in [0.2, 0.25) is 5.91 Å². The Morgan fingerprint density at radius 3 is 2.83 bits per heavy atom. The van der Waals surface area contributed by atoms with Crippen molar-refractivity contribution >= 4 is 11.7 Å². The molecule has 0 saturated carbocycles. The Morgan fingerprint density at radius 1 is 1.39 bits per heavy atom. The van der Waals surface area contributed by atoms with Crippen molar-refractivity contribution in [3.05, 3.63) is 34.9 Å². The molecule has 1 aromatic carbocycles. The van der Waals surface area contributed by atoms with Gasteiger partial charge in [0.15, 0.2) is 5.78 Å². The minimum absolute atomic E-state index is 0.0113. The van der Waals surface area contributed by atoms with Crippen molar-refractivity contribution in [1.29, 1.82) is 0 Å². The van der Waals surface area contributed by atoms with Crippen LogP contribution in [0.5, 0.6) is 0 Å². The molecule has 0 aliphatic carbocycles. The van der Waals surface area contributed by atoms with E-state index in [4.69, 9.17) is 4.74 Å². The number of amides is 1. The Kier molecular flexibility index (Phi) is 3.77. The van der Waals surface area contributed by atoms with E-state index in [0.29, 0.717) is 18.7 Å². The Morgan fingerprint density at radius 2 is 2.17 bits per heavy atom. The van der Waals surface area contributed by atoms with Crippen LogP contribution in [0.4, 0.5) is 0 Å². The lowest BCUT2D eigenvalue weighted by Crippen LogP contribution is -2.44. The average Bonchev–Trinajstić information content (AvgIpc) is 2.32. The molecule has 0 aromatic heterocycles. The maximum Gasteiger partial charge on any atom is 0.249 e. The molecule has 0 spiro atoms. The fourth-order valence-corrected chi connectivity index (χ4v) is 2.10. The molecule has 4 nitrogen and oxygen atoms in total. The second kappa shape index (κ2) is 5.31. The Labute approximate surface area is 107 Å². The summed E-state index contributed by atoms with van der Waals surface area (Å²) >= 11 is 0. The molecule has 1 amide bonds. The van der Waals surface area contributed by atoms with Gasteiger partial charge in [-0.05, 0) is 19.4 Å². The van der Waals surface area contributed by atoms with Crippen LogP contribution in [0, 0.1) is 13.8 Å². The molecule has 2 rings (SSSR count). The average molecular weight is 247 g/mol. The number of ether oxygens (including phenoxy) is 1. The molecule has 0 unspecified atom stereocenters. The lowest BCUT2D eigenvalue weighted by molar-refractivity contribution is -0.141. The van der Waals surface area contributed by atoms with Crippen LogP contribution in [0.25, 0.3) is 0 Å². The predicted molar refractivity (Wildman–Crippen MR) is 67.6 cm³/mol. The summed E-state index contributed by atoms with van der Waals surface area (Å²) in [6.45, 7) is 5.14. The van der Waals surface area contributed by atoms with Crippen molar-refractivity contribution in [2.45, 2.75) is 13.8 Å². The molecule has 1 fully saturated rings. The van der Waals surface area contributed by atoms with Gasteiger partial charge >= 0.3 is 0 Å². The van der Waals surface area contributed by atoms with Gasteiger partial charge in [0, 0.05) is 12.1 Å². The number of aryl methyl sites for hydroxylation is 2. The van der Waals surface area contributed by atoms with Crippen LogP contribution in [0.15, 0.2) is 18.2 Å². The zero-order valence-corrected chi connectivity index (χ0v) is 10.7. The molecular weight excluding hydrogens is 230 g/mol. The molecule has 1 saturated heterocycles. The van der Waals surface area contributed by atoms with Crippen molar-refractivity contribution in [3.63, 3.8) is 0 Å². The van der Waals surface area contributed by atoms with Crippen LogP contribution in [-0.4, -0.2) is 42.9 Å². The fourth-order valence-electron chi connectivity index (χ4n) is 2.10. The smallest absolute Gasteiger partial charge is 0.249 e. The minimum atomic E-state index is -0.112. The molecule has 1 aromatic rings. The third kappa shape index (κ3) is 2.76. The normalized spacial score (nSPS) is 15.9. The first kappa shape index (κ1) is 12.8. The number of rotatable bonds is 3. The zero-order valence-electron chi connectivity index (χ0n) is 10.7. The highest BCUT2D eigenvalue weighted by atomic mass is 16.5. The van der Waals surface area contributed by atoms with Crippen molar-refractivity contribution in [3.8, 4) is 0 Å². The van der Waals surface area contributed by atoms with E-state index >= 15 is 0 Å². The van der Waals surface area contributed by atoms with Gasteiger partial charge in [-0.15, -0.1) is 0 Å². The molecule has 0 N–H and O–H groups in total. The quantitative estimate of drug-likeness (QED) is 0.757. The summed E-state index contributed by atoms with van der Waals surface area (Å²) in [6.07, 6.45) is 0. The van der Waals surface area contributed by atoms with Crippen LogP contribution in [-0.2, 0) is 9.53 Å². The van der Waals surface area contributed by atoms with Crippen molar-refractivity contribution in [1.82, 2.24) is 4.90 Å². The maximum atomic E-state index is 12.2. The Bertz CT molecular complexity index is 482. The first-order chi connectivity index (χ1) is 8.58. The number of nitrogens with zero attached hydrogens (tertiary/aromatic N) is 1. The number of carbonyl (C=O) groups is 2. The van der Waals surface area contributed by atoms with Crippen molar-refractivity contribution < 1.29 is 14.3 Å². The molecule has 1 heterocycles. The summed E-state index contributed by atoms with van der Waals surface area (Å²) in [6, 6.07) is 5.73. The first-order valence-electron chi connectivity index (χ1n) is 6.04. The van der Waals surface area contributed by atoms with Gasteiger partial charge in [-0.2, -0.15) is 0 Å². The standard InChI is InChI=1S/C14H17NO3/c1-10-3-4-12(11(2)7-10)13(16)8-15-5-6-18-9-14(15)17/h3-4,7H,5-6,8-9H2,1-2H3. The Balaban J connectivity index is 2.09. The Hall–Kier alpha value is -1.68. The van der Waals surface area contributed by atoms with Gasteiger partial charge in [0.1, 0.15) is 6.61 Å². The summed E-state index contributed by atoms with van der Waals surface area (Å²) in [5.41, 5.74) is 2.78. The SMILES string of the molecule is Cc1ccc(C(=O)CN2CCOCC2=O)c(C)c1. The predicted octanol–water partition coefficient (Wildman–Crippen LogP) is 1.34. The van der Waals surface area contributed by atoms with E-state index in [1.165, 1.54) is 0 Å². The monoisotopic (exact) mass is 247 g/mol. The van der Waals surface area contributed by atoms with Gasteiger partial charge in [-0.25, -0.2) is 0 Å². The van der Waals surface area contributed by atoms with E-state index < -0.39 is 0 Å². The minimum Gasteiger partial charge on any atom is -0.370 e. The number of carbonyl (C=O) groups excluding carboxylic acids is 2. The van der Waals surface area contributed by atoms with Crippen LogP contribution in [0.2, 0.25) is 0 Å². The second-order valence-electron chi connectivity index (χ2n) is 4.61. The van der Waals surface area contributed by atoms with Gasteiger partial charge in [0.05, 0.1) is 13.2 Å². The van der Waals surface area contributed by atoms with Crippen LogP contribution in [0.1, 0.15) is 21.5 Å². The topological polar surface area (TPSA) is 46.6 Å². The molecule has 1 aliphatic rings. The number of ketones is 1. The molecule has 0 bridgehead atoms. The third-order valence-electron chi connectivity index (χ3n) is 3.10. The lowest BCUT2D eigenvalue weighted by Gasteiger charge is -2.26. The highest BCUT2D eigenvalue weighted by molar-refractivity contribution is 6.00. The highest BCUT2D eigenvalue weighted by Gasteiger charge is 2.22. The lowest BCUT2D eigenvalue weighted by atomic mass is 10.0. The van der Waals surface area contributed by atoms with Crippen molar-refractivity contribution in [2.24, 2.45) is 0 Å². The molecule has 96 valence electrons. The summed E-state index contributed by atoms with van der Waals surface area (Å²) in [5, 5.41) is 0. The summed E-state index contributed by atoms with van der Waals surface area (Å²) in [7, 11) is 0. The van der Waals surface area contributed by atoms with Crippen LogP contribution < -0.4 is 0 Å². The first-order valence-corrected chi connectivity index (χ1v) is 6.04. The molecule has 4 heteroatoms. The maximum absolute atomic E-state index is 12.2. The fraction of sp³-hybridized carbons (Fsp3) is 0.429. The summed E-state index contributed by atoms with van der Waals surface area (Å²) in [5.74, 6) is -0.123. The molecule has 0 radical (unpaired) electrons. The largest absolute Gasteiger partial charge is 0.370 e. The van der Waals surface area contributed by atoms with Gasteiger partial charge < -0.3 is 9.64 Å². The van der Waals surface area contributed by atoms with Gasteiger partial charge in [0.25, 0.3) is 0 Å². The summed E-state index contributed by atoms with van der Waals surface area (Å²) < 4.78 is 5.04. The number of morpholine rings is 1. The van der Waals surface area contributed by atoms with E-state index in [2.05, 4.69) is 0 Å². The van der Waals surface area contributed by atoms with E-state index in [1.54, 1.807) is 4.90 Å². The molecule has 0 atom stereocenters. The number of hydrogen-bond acceptors (Lipinski definition) is 3. The molecule has 18 heavy (non-hydrogen) atoms. The van der Waals surface area contributed by atoms with Gasteiger partial charge in [-0.1, -0.05) is 23.8 Å². The van der Waals surface area contributed by atoms with Crippen LogP contribution >= 0.6 is 0 Å². The second-order valence-corrected chi connectivity index (χ2v) is 4.61. The number of hydrogen-bond donors (Lipinski definition) is 0. The number of Topliss-reactive ketones (excluding diaryl/α,β-unsaturated/α-hetero) is 1. The van der Waals surface area contributed by atoms with E-state index in [9.17, 15) is 9.59 Å².